The lowest BCUT2D eigenvalue weighted by molar-refractivity contribution is -0.116. The van der Waals surface area contributed by atoms with Gasteiger partial charge >= 0.3 is 0 Å². The largest absolute Gasteiger partial charge is 0.493 e. The molecule has 0 unspecified atom stereocenters. The number of aromatic nitrogens is 1. The van der Waals surface area contributed by atoms with Crippen LogP contribution in [0, 0.1) is 0 Å². The number of pyridine rings is 1. The minimum atomic E-state index is -3.77. The molecule has 1 aromatic carbocycles. The number of amides is 1. The van der Waals surface area contributed by atoms with Crippen molar-refractivity contribution in [3.8, 4) is 11.5 Å². The molecule has 0 aliphatic heterocycles. The van der Waals surface area contributed by atoms with Crippen LogP contribution in [-0.4, -0.2) is 50.5 Å². The highest BCUT2D eigenvalue weighted by Gasteiger charge is 2.22. The number of benzene rings is 1. The zero-order chi connectivity index (χ0) is 22.5. The quantitative estimate of drug-likeness (QED) is 0.618. The number of rotatable bonds is 9. The van der Waals surface area contributed by atoms with Gasteiger partial charge in [-0.15, -0.1) is 0 Å². The fourth-order valence-electron chi connectivity index (χ4n) is 2.79. The monoisotopic (exact) mass is 457 g/mol. The van der Waals surface area contributed by atoms with Crippen molar-refractivity contribution in [3.05, 3.63) is 45.8 Å². The Bertz CT molecular complexity index is 1080. The van der Waals surface area contributed by atoms with E-state index in [1.54, 1.807) is 13.8 Å². The minimum absolute atomic E-state index is 0.0669. The Morgan fingerprint density at radius 1 is 1.13 bits per heavy atom. The summed E-state index contributed by atoms with van der Waals surface area (Å²) in [7, 11) is -0.869. The highest BCUT2D eigenvalue weighted by molar-refractivity contribution is 7.89. The molecule has 164 valence electrons. The second-order valence-electron chi connectivity index (χ2n) is 6.16. The number of methoxy groups -OCH3 is 2. The van der Waals surface area contributed by atoms with Crippen molar-refractivity contribution in [2.75, 3.05) is 32.6 Å². The standard InChI is InChI=1S/C19H24ClN3O6S/c1-5-23(6-2)30(26,27)13-7-8-19(25)22(11-13)12-18(24)21-15-10-17(29-4)16(28-3)9-14(15)20/h7-11H,5-6,12H2,1-4H3,(H,21,24). The van der Waals surface area contributed by atoms with E-state index >= 15 is 0 Å². The number of carbonyl (C=O) groups excluding carboxylic acids is 1. The number of carbonyl (C=O) groups is 1. The average Bonchev–Trinajstić information content (AvgIpc) is 2.71. The molecule has 2 aromatic rings. The number of halogens is 1. The molecule has 9 nitrogen and oxygen atoms in total. The van der Waals surface area contributed by atoms with E-state index < -0.39 is 28.0 Å². The van der Waals surface area contributed by atoms with Gasteiger partial charge in [-0.2, -0.15) is 4.31 Å². The first-order chi connectivity index (χ1) is 14.2. The zero-order valence-corrected chi connectivity index (χ0v) is 18.7. The Morgan fingerprint density at radius 2 is 1.73 bits per heavy atom. The third kappa shape index (κ3) is 5.13. The third-order valence-electron chi connectivity index (χ3n) is 4.36. The number of ether oxygens (including phenoxy) is 2. The molecule has 1 N–H and O–H groups in total. The van der Waals surface area contributed by atoms with E-state index in [1.807, 2.05) is 0 Å². The first-order valence-electron chi connectivity index (χ1n) is 9.09. The highest BCUT2D eigenvalue weighted by atomic mass is 35.5. The van der Waals surface area contributed by atoms with Crippen molar-refractivity contribution in [2.24, 2.45) is 0 Å². The summed E-state index contributed by atoms with van der Waals surface area (Å²) in [6.45, 7) is 3.62. The van der Waals surface area contributed by atoms with Crippen LogP contribution < -0.4 is 20.3 Å². The SMILES string of the molecule is CCN(CC)S(=O)(=O)c1ccc(=O)n(CC(=O)Nc2cc(OC)c(OC)cc2Cl)c1. The molecule has 30 heavy (non-hydrogen) atoms. The van der Waals surface area contributed by atoms with Crippen LogP contribution in [0.15, 0.2) is 40.2 Å². The number of nitrogens with zero attached hydrogens (tertiary/aromatic N) is 2. The first-order valence-corrected chi connectivity index (χ1v) is 10.9. The Morgan fingerprint density at radius 3 is 2.30 bits per heavy atom. The van der Waals surface area contributed by atoms with Gasteiger partial charge in [-0.25, -0.2) is 8.42 Å². The van der Waals surface area contributed by atoms with Crippen LogP contribution in [0.2, 0.25) is 5.02 Å². The number of hydrogen-bond acceptors (Lipinski definition) is 6. The summed E-state index contributed by atoms with van der Waals surface area (Å²) in [4.78, 5) is 24.6. The maximum Gasteiger partial charge on any atom is 0.251 e. The topological polar surface area (TPSA) is 107 Å². The minimum Gasteiger partial charge on any atom is -0.493 e. The van der Waals surface area contributed by atoms with Crippen molar-refractivity contribution in [1.29, 1.82) is 0 Å². The predicted molar refractivity (Wildman–Crippen MR) is 114 cm³/mol. The fourth-order valence-corrected chi connectivity index (χ4v) is 4.47. The molecule has 0 saturated heterocycles. The average molecular weight is 458 g/mol. The molecule has 2 rings (SSSR count). The lowest BCUT2D eigenvalue weighted by atomic mass is 10.2. The molecular formula is C19H24ClN3O6S. The molecule has 0 aliphatic rings. The lowest BCUT2D eigenvalue weighted by Crippen LogP contribution is -2.33. The molecule has 0 spiro atoms. The van der Waals surface area contributed by atoms with Gasteiger partial charge in [0.05, 0.1) is 29.8 Å². The number of nitrogens with one attached hydrogen (secondary N) is 1. The molecular weight excluding hydrogens is 434 g/mol. The van der Waals surface area contributed by atoms with E-state index in [2.05, 4.69) is 5.32 Å². The number of hydrogen-bond donors (Lipinski definition) is 1. The van der Waals surface area contributed by atoms with Gasteiger partial charge in [0, 0.05) is 37.5 Å². The molecule has 0 saturated carbocycles. The molecule has 0 bridgehead atoms. The van der Waals surface area contributed by atoms with Gasteiger partial charge in [0.1, 0.15) is 6.54 Å². The first kappa shape index (κ1) is 23.7. The predicted octanol–water partition coefficient (Wildman–Crippen LogP) is 2.19. The van der Waals surface area contributed by atoms with E-state index in [4.69, 9.17) is 21.1 Å². The third-order valence-corrected chi connectivity index (χ3v) is 6.71. The van der Waals surface area contributed by atoms with E-state index in [0.29, 0.717) is 11.5 Å². The normalized spacial score (nSPS) is 11.4. The van der Waals surface area contributed by atoms with Crippen LogP contribution in [0.1, 0.15) is 13.8 Å². The lowest BCUT2D eigenvalue weighted by Gasteiger charge is -2.19. The van der Waals surface area contributed by atoms with Gasteiger partial charge in [-0.05, 0) is 6.07 Å². The molecule has 1 aromatic heterocycles. The molecule has 1 heterocycles. The summed E-state index contributed by atoms with van der Waals surface area (Å²) in [5.74, 6) is 0.191. The van der Waals surface area contributed by atoms with Gasteiger partial charge in [-0.1, -0.05) is 25.4 Å². The van der Waals surface area contributed by atoms with Crippen LogP contribution in [0.5, 0.6) is 11.5 Å². The van der Waals surface area contributed by atoms with Crippen LogP contribution in [0.3, 0.4) is 0 Å². The van der Waals surface area contributed by atoms with E-state index in [-0.39, 0.29) is 28.7 Å². The molecule has 1 amide bonds. The molecule has 11 heteroatoms. The van der Waals surface area contributed by atoms with Crippen LogP contribution in [-0.2, 0) is 21.4 Å². The van der Waals surface area contributed by atoms with Gasteiger partial charge in [-0.3, -0.25) is 9.59 Å². The van der Waals surface area contributed by atoms with Crippen molar-refractivity contribution < 1.29 is 22.7 Å². The van der Waals surface area contributed by atoms with Gasteiger partial charge in [0.2, 0.25) is 15.9 Å². The van der Waals surface area contributed by atoms with Gasteiger partial charge < -0.3 is 19.4 Å². The van der Waals surface area contributed by atoms with Crippen LogP contribution in [0.4, 0.5) is 5.69 Å². The Hall–Kier alpha value is -2.56. The van der Waals surface area contributed by atoms with E-state index in [0.717, 1.165) is 16.8 Å². The van der Waals surface area contributed by atoms with Gasteiger partial charge in [0.25, 0.3) is 5.56 Å². The molecule has 0 fully saturated rings. The molecule has 0 radical (unpaired) electrons. The Labute approximate surface area is 180 Å². The van der Waals surface area contributed by atoms with Crippen LogP contribution >= 0.6 is 11.6 Å². The van der Waals surface area contributed by atoms with Crippen molar-refractivity contribution in [1.82, 2.24) is 8.87 Å². The Kier molecular flexibility index (Phi) is 7.88. The van der Waals surface area contributed by atoms with Crippen molar-refractivity contribution in [2.45, 2.75) is 25.3 Å². The highest BCUT2D eigenvalue weighted by Crippen LogP contribution is 2.36. The molecule has 0 aliphatic carbocycles. The number of anilines is 1. The van der Waals surface area contributed by atoms with Crippen molar-refractivity contribution >= 4 is 33.2 Å². The summed E-state index contributed by atoms with van der Waals surface area (Å²) in [6, 6.07) is 5.32. The maximum absolute atomic E-state index is 12.7. The Balaban J connectivity index is 2.29. The summed E-state index contributed by atoms with van der Waals surface area (Å²) < 4.78 is 38.0. The summed E-state index contributed by atoms with van der Waals surface area (Å²) >= 11 is 6.16. The van der Waals surface area contributed by atoms with Gasteiger partial charge in [0.15, 0.2) is 11.5 Å². The number of sulfonamides is 1. The van der Waals surface area contributed by atoms with Crippen molar-refractivity contribution in [3.63, 3.8) is 0 Å². The summed E-state index contributed by atoms with van der Waals surface area (Å²) in [5.41, 5.74) is -0.249. The smallest absolute Gasteiger partial charge is 0.251 e. The second-order valence-corrected chi connectivity index (χ2v) is 8.50. The summed E-state index contributed by atoms with van der Waals surface area (Å²) in [6.07, 6.45) is 1.16. The van der Waals surface area contributed by atoms with Crippen LogP contribution in [0.25, 0.3) is 0 Å². The summed E-state index contributed by atoms with van der Waals surface area (Å²) in [5, 5.41) is 2.80. The molecule has 0 atom stereocenters. The second kappa shape index (κ2) is 9.96. The van der Waals surface area contributed by atoms with E-state index in [1.165, 1.54) is 36.7 Å². The van der Waals surface area contributed by atoms with E-state index in [9.17, 15) is 18.0 Å². The fraction of sp³-hybridized carbons (Fsp3) is 0.368. The maximum atomic E-state index is 12.7. The zero-order valence-electron chi connectivity index (χ0n) is 17.1.